The number of fused-ring (bicyclic) bond motifs is 1. The van der Waals surface area contributed by atoms with E-state index >= 15 is 0 Å². The van der Waals surface area contributed by atoms with Gasteiger partial charge in [0.05, 0.1) is 33.5 Å². The minimum absolute atomic E-state index is 0.00325. The standard InChI is InChI=1S/C61H67N3O/c1-14-61(12,13)47-27-28-54(51(37-47)41-19-16-15-17-20-41)64-55-22-18-21-49(56(55)63-58(64)52-35-43(38(2)3)34-50(39(4)5)57(52)65)44-31-45(33-48(32-44)60(9,10)11)53-36-42(29-30-62-53)40-23-25-46(26-24-40)59(6,7)8/h15-39,65H,14H2,1-13H3/i6D3,7D3,8D3,23D,24D,25D,26D. The Morgan fingerprint density at radius 3 is 2.00 bits per heavy atom. The van der Waals surface area contributed by atoms with Crippen molar-refractivity contribution in [2.75, 3.05) is 0 Å². The third kappa shape index (κ3) is 8.93. The molecule has 0 aliphatic rings. The summed E-state index contributed by atoms with van der Waals surface area (Å²) in [4.78, 5) is 10.3. The third-order valence-electron chi connectivity index (χ3n) is 12.8. The molecule has 2 heterocycles. The highest BCUT2D eigenvalue weighted by atomic mass is 16.3. The number of hydrogen-bond acceptors (Lipinski definition) is 3. The van der Waals surface area contributed by atoms with Crippen LogP contribution >= 0.6 is 0 Å². The predicted octanol–water partition coefficient (Wildman–Crippen LogP) is 17.0. The van der Waals surface area contributed by atoms with Gasteiger partial charge in [-0.2, -0.15) is 0 Å². The Bertz CT molecular complexity index is 3530. The number of phenolic OH excluding ortho intramolecular Hbond substituents is 1. The number of pyridine rings is 1. The molecule has 0 radical (unpaired) electrons. The summed E-state index contributed by atoms with van der Waals surface area (Å²) in [5.74, 6) is 0.856. The van der Waals surface area contributed by atoms with E-state index in [2.05, 4.69) is 116 Å². The van der Waals surface area contributed by atoms with E-state index in [1.807, 2.05) is 54.6 Å². The molecular formula is C61H67N3O. The van der Waals surface area contributed by atoms with E-state index in [9.17, 15) is 5.11 Å². The van der Waals surface area contributed by atoms with Gasteiger partial charge in [-0.3, -0.25) is 9.55 Å². The second kappa shape index (κ2) is 17.3. The minimum atomic E-state index is -3.81. The van der Waals surface area contributed by atoms with E-state index in [0.717, 1.165) is 56.6 Å². The van der Waals surface area contributed by atoms with Crippen molar-refractivity contribution in [2.45, 2.75) is 124 Å². The Kier molecular flexibility index (Phi) is 8.39. The number of aromatic nitrogens is 3. The first-order valence-corrected chi connectivity index (χ1v) is 22.5. The topological polar surface area (TPSA) is 50.9 Å². The smallest absolute Gasteiger partial charge is 0.149 e. The highest BCUT2D eigenvalue weighted by Gasteiger charge is 2.27. The molecule has 0 unspecified atom stereocenters. The number of hydrogen-bond donors (Lipinski definition) is 1. The van der Waals surface area contributed by atoms with Gasteiger partial charge in [0.25, 0.3) is 0 Å². The van der Waals surface area contributed by atoms with Crippen LogP contribution in [0.4, 0.5) is 0 Å². The molecule has 0 amide bonds. The van der Waals surface area contributed by atoms with Crippen LogP contribution in [0.2, 0.25) is 0 Å². The van der Waals surface area contributed by atoms with Crippen LogP contribution < -0.4 is 0 Å². The van der Waals surface area contributed by atoms with Gasteiger partial charge in [0, 0.05) is 35.2 Å². The maximum Gasteiger partial charge on any atom is 0.149 e. The number of para-hydroxylation sites is 1. The lowest BCUT2D eigenvalue weighted by molar-refractivity contribution is 0.466. The molecule has 0 aliphatic heterocycles. The summed E-state index contributed by atoms with van der Waals surface area (Å²) < 4.78 is 113. The molecule has 65 heavy (non-hydrogen) atoms. The van der Waals surface area contributed by atoms with Crippen molar-refractivity contribution in [3.05, 3.63) is 167 Å². The van der Waals surface area contributed by atoms with E-state index in [4.69, 9.17) is 27.8 Å². The van der Waals surface area contributed by atoms with Gasteiger partial charge in [-0.05, 0) is 133 Å². The quantitative estimate of drug-likeness (QED) is 0.149. The Morgan fingerprint density at radius 1 is 0.615 bits per heavy atom. The van der Waals surface area contributed by atoms with Gasteiger partial charge < -0.3 is 5.11 Å². The van der Waals surface area contributed by atoms with Crippen LogP contribution in [0, 0.1) is 0 Å². The largest absolute Gasteiger partial charge is 0.507 e. The van der Waals surface area contributed by atoms with Gasteiger partial charge in [0.15, 0.2) is 0 Å². The van der Waals surface area contributed by atoms with Crippen LogP contribution in [0.15, 0.2) is 140 Å². The minimum Gasteiger partial charge on any atom is -0.507 e. The summed E-state index contributed by atoms with van der Waals surface area (Å²) in [6.07, 6.45) is 2.37. The Labute approximate surface area is 406 Å². The normalized spacial score (nSPS) is 16.0. The molecule has 8 aromatic rings. The van der Waals surface area contributed by atoms with Gasteiger partial charge in [-0.25, -0.2) is 4.98 Å². The summed E-state index contributed by atoms with van der Waals surface area (Å²) in [6, 6.07) is 32.4. The first kappa shape index (κ1) is 31.6. The molecular weight excluding hydrogens is 791 g/mol. The number of phenols is 1. The number of imidazole rings is 1. The zero-order chi connectivity index (χ0) is 57.6. The zero-order valence-electron chi connectivity index (χ0n) is 52.1. The molecule has 0 spiro atoms. The van der Waals surface area contributed by atoms with Crippen molar-refractivity contribution in [2.24, 2.45) is 0 Å². The Morgan fingerprint density at radius 2 is 1.34 bits per heavy atom. The molecule has 332 valence electrons. The van der Waals surface area contributed by atoms with E-state index < -0.39 is 61.1 Å². The molecule has 8 rings (SSSR count). The van der Waals surface area contributed by atoms with Crippen molar-refractivity contribution >= 4 is 11.0 Å². The van der Waals surface area contributed by atoms with Crippen LogP contribution in [0.5, 0.6) is 5.75 Å². The van der Waals surface area contributed by atoms with Crippen LogP contribution in [-0.2, 0) is 16.2 Å². The van der Waals surface area contributed by atoms with Gasteiger partial charge in [0.2, 0.25) is 0 Å². The summed E-state index contributed by atoms with van der Waals surface area (Å²) in [5, 5.41) is 12.4. The highest BCUT2D eigenvalue weighted by molar-refractivity contribution is 5.98. The van der Waals surface area contributed by atoms with Gasteiger partial charge in [0.1, 0.15) is 11.6 Å². The molecule has 0 aliphatic carbocycles. The summed E-state index contributed by atoms with van der Waals surface area (Å²) in [5.41, 5.74) is 5.79. The molecule has 1 N–H and O–H groups in total. The van der Waals surface area contributed by atoms with Crippen molar-refractivity contribution in [1.29, 1.82) is 0 Å². The molecule has 4 heteroatoms. The average molecular weight is 871 g/mol. The molecule has 4 nitrogen and oxygen atoms in total. The number of nitrogens with zero attached hydrogens (tertiary/aromatic N) is 3. The maximum atomic E-state index is 12.4. The maximum absolute atomic E-state index is 12.4. The van der Waals surface area contributed by atoms with Gasteiger partial charge in [-0.1, -0.05) is 175 Å². The lowest BCUT2D eigenvalue weighted by Gasteiger charge is -2.26. The van der Waals surface area contributed by atoms with Crippen molar-refractivity contribution in [3.63, 3.8) is 0 Å². The average Bonchev–Trinajstić information content (AvgIpc) is 3.79. The van der Waals surface area contributed by atoms with E-state index in [1.165, 1.54) is 17.8 Å². The Balaban J connectivity index is 1.41. The fraction of sp³-hybridized carbons (Fsp3) is 0.311. The van der Waals surface area contributed by atoms with Crippen molar-refractivity contribution < 1.29 is 22.9 Å². The lowest BCUT2D eigenvalue weighted by Crippen LogP contribution is -2.16. The lowest BCUT2D eigenvalue weighted by atomic mass is 9.81. The highest BCUT2D eigenvalue weighted by Crippen LogP contribution is 2.45. The molecule has 0 bridgehead atoms. The SMILES string of the molecule is [2H]c1c([2H])c(C(C([2H])([2H])[2H])(C([2H])([2H])[2H])C([2H])([2H])[2H])c([2H])c([2H])c1-c1ccnc(-c2cc(-c3cccc4c3nc(-c3cc(C(C)C)cc(C(C)C)c3O)n4-c3ccc(C(C)(C)CC)cc3-c3ccccc3)cc(C(C)(C)C)c2)c1. The predicted molar refractivity (Wildman–Crippen MR) is 277 cm³/mol. The van der Waals surface area contributed by atoms with E-state index in [-0.39, 0.29) is 34.1 Å². The first-order chi connectivity index (χ1) is 36.2. The number of rotatable bonds is 10. The fourth-order valence-corrected chi connectivity index (χ4v) is 8.34. The van der Waals surface area contributed by atoms with Crippen molar-refractivity contribution in [1.82, 2.24) is 14.5 Å². The first-order valence-electron chi connectivity index (χ1n) is 29.0. The molecule has 0 saturated carbocycles. The zero-order valence-corrected chi connectivity index (χ0v) is 39.1. The van der Waals surface area contributed by atoms with E-state index in [0.29, 0.717) is 28.2 Å². The third-order valence-corrected chi connectivity index (χ3v) is 12.8. The number of aromatic hydroxyl groups is 1. The van der Waals surface area contributed by atoms with Gasteiger partial charge >= 0.3 is 0 Å². The second-order valence-electron chi connectivity index (χ2n) is 19.6. The van der Waals surface area contributed by atoms with Gasteiger partial charge in [-0.15, -0.1) is 0 Å². The monoisotopic (exact) mass is 871 g/mol. The molecule has 6 aromatic carbocycles. The molecule has 2 aromatic heterocycles. The van der Waals surface area contributed by atoms with E-state index in [1.54, 1.807) is 6.07 Å². The number of benzene rings is 6. The van der Waals surface area contributed by atoms with Crippen LogP contribution in [0.1, 0.15) is 154 Å². The molecule has 0 atom stereocenters. The fourth-order valence-electron chi connectivity index (χ4n) is 8.34. The Hall–Kier alpha value is -6.26. The van der Waals surface area contributed by atoms with Crippen LogP contribution in [0.25, 0.3) is 72.7 Å². The molecule has 0 fully saturated rings. The van der Waals surface area contributed by atoms with Crippen LogP contribution in [-0.4, -0.2) is 19.6 Å². The summed E-state index contributed by atoms with van der Waals surface area (Å²) in [7, 11) is 0. The molecule has 0 saturated heterocycles. The summed E-state index contributed by atoms with van der Waals surface area (Å²) >= 11 is 0. The van der Waals surface area contributed by atoms with Crippen LogP contribution in [0.3, 0.4) is 0 Å². The van der Waals surface area contributed by atoms with Crippen molar-refractivity contribution in [3.8, 4) is 67.5 Å². The summed E-state index contributed by atoms with van der Waals surface area (Å²) in [6.45, 7) is 9.93. The second-order valence-corrected chi connectivity index (χ2v) is 19.6.